The first-order chi connectivity index (χ1) is 11.6. The van der Waals surface area contributed by atoms with E-state index in [1.165, 1.54) is 12.0 Å². The van der Waals surface area contributed by atoms with Crippen LogP contribution in [0.4, 0.5) is 0 Å². The van der Waals surface area contributed by atoms with Crippen molar-refractivity contribution in [2.75, 3.05) is 13.1 Å². The van der Waals surface area contributed by atoms with Gasteiger partial charge in [0.15, 0.2) is 0 Å². The van der Waals surface area contributed by atoms with Crippen LogP contribution in [0.2, 0.25) is 0 Å². The first kappa shape index (κ1) is 17.9. The Bertz CT molecular complexity index is 716. The van der Waals surface area contributed by atoms with Crippen LogP contribution < -0.4 is 10.6 Å². The third kappa shape index (κ3) is 3.41. The van der Waals surface area contributed by atoms with Crippen LogP contribution in [0.25, 0.3) is 0 Å². The molecule has 2 saturated heterocycles. The maximum Gasteiger partial charge on any atom is 0.255 e. The maximum atomic E-state index is 12.6. The lowest BCUT2D eigenvalue weighted by Gasteiger charge is -2.29. The van der Waals surface area contributed by atoms with Crippen molar-refractivity contribution in [3.05, 3.63) is 34.9 Å². The van der Waals surface area contributed by atoms with Crippen molar-refractivity contribution in [2.45, 2.75) is 38.3 Å². The van der Waals surface area contributed by atoms with E-state index in [2.05, 4.69) is 16.7 Å². The van der Waals surface area contributed by atoms with Crippen LogP contribution in [-0.2, 0) is 22.6 Å². The highest BCUT2D eigenvalue weighted by Crippen LogP contribution is 2.29. The smallest absolute Gasteiger partial charge is 0.255 e. The number of carbonyl (C=O) groups is 3. The SMILES string of the molecule is Cl.O=C1CCC(N2Cc3cc(C[C@H]4CCNC4)ccc3C2=O)C(=O)N1. The number of amides is 3. The molecule has 0 aliphatic carbocycles. The molecule has 0 spiro atoms. The number of nitrogens with zero attached hydrogens (tertiary/aromatic N) is 1. The Morgan fingerprint density at radius 1 is 1.16 bits per heavy atom. The summed E-state index contributed by atoms with van der Waals surface area (Å²) in [7, 11) is 0. The van der Waals surface area contributed by atoms with E-state index in [0.717, 1.165) is 25.1 Å². The molecule has 7 heteroatoms. The van der Waals surface area contributed by atoms with Crippen molar-refractivity contribution < 1.29 is 14.4 Å². The largest absolute Gasteiger partial charge is 0.322 e. The van der Waals surface area contributed by atoms with Crippen molar-refractivity contribution in [3.63, 3.8) is 0 Å². The van der Waals surface area contributed by atoms with Gasteiger partial charge in [-0.15, -0.1) is 12.4 Å². The fourth-order valence-electron chi connectivity index (χ4n) is 3.98. The van der Waals surface area contributed by atoms with Crippen LogP contribution in [0.1, 0.15) is 40.7 Å². The molecule has 2 fully saturated rings. The number of halogens is 1. The molecule has 0 aromatic heterocycles. The third-order valence-electron chi connectivity index (χ3n) is 5.27. The van der Waals surface area contributed by atoms with Crippen molar-refractivity contribution in [3.8, 4) is 0 Å². The zero-order valence-corrected chi connectivity index (χ0v) is 14.7. The maximum absolute atomic E-state index is 12.6. The molecular formula is C18H22ClN3O3. The predicted octanol–water partition coefficient (Wildman–Crippen LogP) is 1.02. The van der Waals surface area contributed by atoms with Gasteiger partial charge in [-0.05, 0) is 55.5 Å². The first-order valence-electron chi connectivity index (χ1n) is 8.59. The summed E-state index contributed by atoms with van der Waals surface area (Å²) in [5, 5.41) is 5.71. The highest BCUT2D eigenvalue weighted by atomic mass is 35.5. The van der Waals surface area contributed by atoms with Crippen LogP contribution in [0.3, 0.4) is 0 Å². The topological polar surface area (TPSA) is 78.5 Å². The highest BCUT2D eigenvalue weighted by Gasteiger charge is 2.39. The van der Waals surface area contributed by atoms with E-state index in [1.54, 1.807) is 4.90 Å². The van der Waals surface area contributed by atoms with Crippen LogP contribution in [0.5, 0.6) is 0 Å². The molecule has 0 saturated carbocycles. The van der Waals surface area contributed by atoms with Crippen molar-refractivity contribution >= 4 is 30.1 Å². The molecule has 0 radical (unpaired) electrons. The van der Waals surface area contributed by atoms with E-state index in [9.17, 15) is 14.4 Å². The summed E-state index contributed by atoms with van der Waals surface area (Å²) in [6.45, 7) is 2.59. The van der Waals surface area contributed by atoms with Gasteiger partial charge in [-0.25, -0.2) is 0 Å². The Balaban J connectivity index is 0.00000182. The Morgan fingerprint density at radius 2 is 2.00 bits per heavy atom. The number of benzene rings is 1. The fraction of sp³-hybridized carbons (Fsp3) is 0.500. The molecule has 25 heavy (non-hydrogen) atoms. The molecule has 3 amide bonds. The van der Waals surface area contributed by atoms with Crippen LogP contribution >= 0.6 is 12.4 Å². The van der Waals surface area contributed by atoms with Crippen molar-refractivity contribution in [2.24, 2.45) is 5.92 Å². The average Bonchev–Trinajstić information content (AvgIpc) is 3.16. The number of imide groups is 1. The number of rotatable bonds is 3. The quantitative estimate of drug-likeness (QED) is 0.786. The van der Waals surface area contributed by atoms with Crippen LogP contribution in [-0.4, -0.2) is 41.8 Å². The molecule has 134 valence electrons. The summed E-state index contributed by atoms with van der Waals surface area (Å²) in [5.74, 6) is -0.0579. The molecule has 1 aromatic rings. The Kier molecular flexibility index (Phi) is 5.11. The number of hydrogen-bond donors (Lipinski definition) is 2. The van der Waals surface area contributed by atoms with Gasteiger partial charge in [-0.3, -0.25) is 19.7 Å². The second-order valence-corrected chi connectivity index (χ2v) is 6.95. The average molecular weight is 364 g/mol. The second kappa shape index (κ2) is 7.14. The second-order valence-electron chi connectivity index (χ2n) is 6.95. The number of nitrogens with one attached hydrogen (secondary N) is 2. The van der Waals surface area contributed by atoms with E-state index >= 15 is 0 Å². The minimum atomic E-state index is -0.537. The van der Waals surface area contributed by atoms with E-state index in [1.807, 2.05) is 12.1 Å². The van der Waals surface area contributed by atoms with Crippen LogP contribution in [0.15, 0.2) is 18.2 Å². The molecule has 3 aliphatic rings. The monoisotopic (exact) mass is 363 g/mol. The van der Waals surface area contributed by atoms with E-state index < -0.39 is 6.04 Å². The van der Waals surface area contributed by atoms with E-state index in [0.29, 0.717) is 24.4 Å². The number of carbonyl (C=O) groups excluding carboxylic acids is 3. The third-order valence-corrected chi connectivity index (χ3v) is 5.27. The minimum Gasteiger partial charge on any atom is -0.322 e. The van der Waals surface area contributed by atoms with Gasteiger partial charge in [0.05, 0.1) is 0 Å². The van der Waals surface area contributed by atoms with Gasteiger partial charge >= 0.3 is 0 Å². The summed E-state index contributed by atoms with van der Waals surface area (Å²) in [5.41, 5.74) is 2.93. The van der Waals surface area contributed by atoms with Gasteiger partial charge in [0, 0.05) is 18.5 Å². The Morgan fingerprint density at radius 3 is 2.72 bits per heavy atom. The molecule has 1 unspecified atom stereocenters. The van der Waals surface area contributed by atoms with Crippen molar-refractivity contribution in [1.82, 2.24) is 15.5 Å². The van der Waals surface area contributed by atoms with E-state index in [-0.39, 0.29) is 36.5 Å². The van der Waals surface area contributed by atoms with Gasteiger partial charge in [-0.2, -0.15) is 0 Å². The number of fused-ring (bicyclic) bond motifs is 1. The molecule has 2 N–H and O–H groups in total. The highest BCUT2D eigenvalue weighted by molar-refractivity contribution is 6.05. The van der Waals surface area contributed by atoms with E-state index in [4.69, 9.17) is 0 Å². The molecular weight excluding hydrogens is 342 g/mol. The van der Waals surface area contributed by atoms with Gasteiger partial charge in [-0.1, -0.05) is 12.1 Å². The summed E-state index contributed by atoms with van der Waals surface area (Å²) in [6.07, 6.45) is 2.91. The van der Waals surface area contributed by atoms with Gasteiger partial charge < -0.3 is 10.2 Å². The molecule has 1 aromatic carbocycles. The molecule has 0 bridgehead atoms. The summed E-state index contributed by atoms with van der Waals surface area (Å²) in [4.78, 5) is 37.6. The Hall–Kier alpha value is -1.92. The predicted molar refractivity (Wildman–Crippen MR) is 94.4 cm³/mol. The zero-order chi connectivity index (χ0) is 16.7. The van der Waals surface area contributed by atoms with Crippen LogP contribution in [0, 0.1) is 5.92 Å². The number of hydrogen-bond acceptors (Lipinski definition) is 4. The van der Waals surface area contributed by atoms with Gasteiger partial charge in [0.1, 0.15) is 6.04 Å². The lowest BCUT2D eigenvalue weighted by Crippen LogP contribution is -2.52. The molecule has 2 atom stereocenters. The normalized spacial score (nSPS) is 25.6. The summed E-state index contributed by atoms with van der Waals surface area (Å²) < 4.78 is 0. The minimum absolute atomic E-state index is 0. The molecule has 6 nitrogen and oxygen atoms in total. The summed E-state index contributed by atoms with van der Waals surface area (Å²) in [6, 6.07) is 5.49. The number of piperidine rings is 1. The Labute approximate surface area is 152 Å². The first-order valence-corrected chi connectivity index (χ1v) is 8.59. The standard InChI is InChI=1S/C18H21N3O3.ClH/c22-16-4-3-15(17(23)20-16)21-10-13-8-11(1-2-14(13)18(21)24)7-12-5-6-19-9-12;/h1-2,8,12,15,19H,3-7,9-10H2,(H,20,22,23);1H/t12-,15?;/m1./s1. The zero-order valence-electron chi connectivity index (χ0n) is 13.9. The molecule has 3 aliphatic heterocycles. The van der Waals surface area contributed by atoms with Crippen molar-refractivity contribution in [1.29, 1.82) is 0 Å². The lowest BCUT2D eigenvalue weighted by molar-refractivity contribution is -0.136. The van der Waals surface area contributed by atoms with Gasteiger partial charge in [0.2, 0.25) is 11.8 Å². The van der Waals surface area contributed by atoms with Gasteiger partial charge in [0.25, 0.3) is 5.91 Å². The lowest BCUT2D eigenvalue weighted by atomic mass is 9.96. The molecule has 3 heterocycles. The summed E-state index contributed by atoms with van der Waals surface area (Å²) >= 11 is 0. The molecule has 4 rings (SSSR count). The fourth-order valence-corrected chi connectivity index (χ4v) is 3.98.